The molecule has 1 fully saturated rings. The number of H-pyrrole nitrogens is 1. The number of nitrogens with one attached hydrogen (secondary N) is 2. The van der Waals surface area contributed by atoms with Gasteiger partial charge in [-0.25, -0.2) is 0 Å². The zero-order valence-corrected chi connectivity index (χ0v) is 14.7. The normalized spacial score (nSPS) is 16.2. The van der Waals surface area contributed by atoms with Crippen molar-refractivity contribution in [2.45, 2.75) is 32.2 Å². The second-order valence-corrected chi connectivity index (χ2v) is 7.13. The molecule has 0 bridgehead atoms. The Balaban J connectivity index is 1.68. The van der Waals surface area contributed by atoms with E-state index in [2.05, 4.69) is 22.1 Å². The minimum Gasteiger partial charge on any atom is -0.348 e. The summed E-state index contributed by atoms with van der Waals surface area (Å²) < 4.78 is 0. The van der Waals surface area contributed by atoms with Crippen LogP contribution in [0.4, 0.5) is 0 Å². The van der Waals surface area contributed by atoms with Crippen molar-refractivity contribution in [3.8, 4) is 10.6 Å². The van der Waals surface area contributed by atoms with Gasteiger partial charge in [0.15, 0.2) is 0 Å². The van der Waals surface area contributed by atoms with Crippen molar-refractivity contribution in [1.29, 1.82) is 0 Å². The summed E-state index contributed by atoms with van der Waals surface area (Å²) in [6, 6.07) is 7.36. The molecule has 2 aromatic rings. The van der Waals surface area contributed by atoms with Crippen LogP contribution < -0.4 is 10.9 Å². The molecule has 0 aromatic carbocycles. The lowest BCUT2D eigenvalue weighted by atomic mass is 10.1. The number of likely N-dealkylation sites (tertiary alicyclic amines) is 1. The molecule has 24 heavy (non-hydrogen) atoms. The smallest absolute Gasteiger partial charge is 0.261 e. The van der Waals surface area contributed by atoms with Gasteiger partial charge in [-0.2, -0.15) is 0 Å². The fourth-order valence-electron chi connectivity index (χ4n) is 3.04. The Morgan fingerprint density at radius 1 is 1.33 bits per heavy atom. The van der Waals surface area contributed by atoms with E-state index in [-0.39, 0.29) is 23.1 Å². The minimum absolute atomic E-state index is 0.0759. The highest BCUT2D eigenvalue weighted by Crippen LogP contribution is 2.21. The number of nitrogens with zero attached hydrogens (tertiary/aromatic N) is 1. The van der Waals surface area contributed by atoms with E-state index in [9.17, 15) is 9.59 Å². The molecule has 5 nitrogen and oxygen atoms in total. The lowest BCUT2D eigenvalue weighted by molar-refractivity contribution is 0.0924. The van der Waals surface area contributed by atoms with E-state index < -0.39 is 0 Å². The molecule has 2 aromatic heterocycles. The topological polar surface area (TPSA) is 65.2 Å². The number of carbonyl (C=O) groups is 1. The van der Waals surface area contributed by atoms with E-state index in [0.29, 0.717) is 0 Å². The molecule has 0 saturated carbocycles. The molecule has 2 N–H and O–H groups in total. The van der Waals surface area contributed by atoms with Crippen LogP contribution in [-0.2, 0) is 0 Å². The Labute approximate surface area is 145 Å². The van der Waals surface area contributed by atoms with Crippen molar-refractivity contribution in [3.05, 3.63) is 45.6 Å². The summed E-state index contributed by atoms with van der Waals surface area (Å²) in [6.07, 6.45) is 3.32. The van der Waals surface area contributed by atoms with Gasteiger partial charge in [0.1, 0.15) is 5.56 Å². The predicted molar refractivity (Wildman–Crippen MR) is 97.6 cm³/mol. The average molecular weight is 345 g/mol. The highest BCUT2D eigenvalue weighted by molar-refractivity contribution is 7.13. The third kappa shape index (κ3) is 3.94. The lowest BCUT2D eigenvalue weighted by Crippen LogP contribution is -2.44. The van der Waals surface area contributed by atoms with Crippen molar-refractivity contribution < 1.29 is 4.79 Å². The van der Waals surface area contributed by atoms with Crippen LogP contribution in [0, 0.1) is 0 Å². The zero-order valence-electron chi connectivity index (χ0n) is 13.9. The Morgan fingerprint density at radius 3 is 2.75 bits per heavy atom. The Morgan fingerprint density at radius 2 is 2.12 bits per heavy atom. The molecule has 1 aliphatic rings. The number of amides is 1. The summed E-state index contributed by atoms with van der Waals surface area (Å²) in [5.74, 6) is -0.292. The predicted octanol–water partition coefficient (Wildman–Crippen LogP) is 2.71. The molecule has 1 saturated heterocycles. The van der Waals surface area contributed by atoms with Gasteiger partial charge in [0, 0.05) is 12.6 Å². The van der Waals surface area contributed by atoms with E-state index >= 15 is 0 Å². The third-order valence-electron chi connectivity index (χ3n) is 4.45. The van der Waals surface area contributed by atoms with E-state index in [1.807, 2.05) is 17.5 Å². The molecule has 0 unspecified atom stereocenters. The first-order valence-electron chi connectivity index (χ1n) is 8.48. The van der Waals surface area contributed by atoms with Crippen LogP contribution in [0.25, 0.3) is 10.6 Å². The SMILES string of the molecule is CC[C@H](CN1CCCC1)NC(=O)c1ccc(-c2cccs2)[nH]c1=O. The van der Waals surface area contributed by atoms with Crippen LogP contribution in [-0.4, -0.2) is 41.5 Å². The molecule has 6 heteroatoms. The van der Waals surface area contributed by atoms with Crippen LogP contribution in [0.1, 0.15) is 36.5 Å². The first-order valence-corrected chi connectivity index (χ1v) is 9.35. The summed E-state index contributed by atoms with van der Waals surface area (Å²) in [5.41, 5.74) is 0.584. The fraction of sp³-hybridized carbons (Fsp3) is 0.444. The van der Waals surface area contributed by atoms with Gasteiger partial charge in [-0.1, -0.05) is 13.0 Å². The molecule has 0 aliphatic carbocycles. The van der Waals surface area contributed by atoms with E-state index in [4.69, 9.17) is 0 Å². The van der Waals surface area contributed by atoms with Gasteiger partial charge in [0.2, 0.25) is 0 Å². The largest absolute Gasteiger partial charge is 0.348 e. The highest BCUT2D eigenvalue weighted by atomic mass is 32.1. The second kappa shape index (κ2) is 7.77. The first kappa shape index (κ1) is 16.9. The summed E-state index contributed by atoms with van der Waals surface area (Å²) in [5, 5.41) is 4.96. The van der Waals surface area contributed by atoms with Gasteiger partial charge in [-0.05, 0) is 55.9 Å². The summed E-state index contributed by atoms with van der Waals surface area (Å²) >= 11 is 1.55. The van der Waals surface area contributed by atoms with Crippen LogP contribution in [0.5, 0.6) is 0 Å². The number of aromatic amines is 1. The van der Waals surface area contributed by atoms with Gasteiger partial charge in [-0.15, -0.1) is 11.3 Å². The standard InChI is InChI=1S/C18H23N3O2S/c1-2-13(12-21-9-3-4-10-21)19-17(22)14-7-8-15(20-18(14)23)16-6-5-11-24-16/h5-8,11,13H,2-4,9-10,12H2,1H3,(H,19,22)(H,20,23)/t13-/m1/s1. The van der Waals surface area contributed by atoms with Crippen molar-refractivity contribution in [1.82, 2.24) is 15.2 Å². The average Bonchev–Trinajstić information content (AvgIpc) is 3.27. The van der Waals surface area contributed by atoms with Crippen LogP contribution in [0.15, 0.2) is 34.4 Å². The lowest BCUT2D eigenvalue weighted by Gasteiger charge is -2.23. The first-order chi connectivity index (χ1) is 11.7. The molecule has 1 atom stereocenters. The molecule has 3 rings (SSSR count). The van der Waals surface area contributed by atoms with Crippen molar-refractivity contribution in [2.75, 3.05) is 19.6 Å². The molecule has 0 spiro atoms. The zero-order chi connectivity index (χ0) is 16.9. The van der Waals surface area contributed by atoms with Crippen molar-refractivity contribution in [3.63, 3.8) is 0 Å². The maximum atomic E-state index is 12.5. The van der Waals surface area contributed by atoms with Crippen molar-refractivity contribution in [2.24, 2.45) is 0 Å². The number of hydrogen-bond acceptors (Lipinski definition) is 4. The molecule has 0 radical (unpaired) electrons. The molecule has 3 heterocycles. The minimum atomic E-state index is -0.338. The Kier molecular flexibility index (Phi) is 5.48. The Hall–Kier alpha value is -1.92. The van der Waals surface area contributed by atoms with E-state index in [0.717, 1.165) is 36.6 Å². The Bertz CT molecular complexity index is 733. The molecule has 1 amide bonds. The number of rotatable bonds is 6. The van der Waals surface area contributed by atoms with E-state index in [1.165, 1.54) is 12.8 Å². The number of aromatic nitrogens is 1. The summed E-state index contributed by atoms with van der Waals surface area (Å²) in [7, 11) is 0. The van der Waals surface area contributed by atoms with Gasteiger partial charge >= 0.3 is 0 Å². The van der Waals surface area contributed by atoms with Gasteiger partial charge in [0.05, 0.1) is 10.6 Å². The number of pyridine rings is 1. The maximum absolute atomic E-state index is 12.5. The van der Waals surface area contributed by atoms with E-state index in [1.54, 1.807) is 23.5 Å². The maximum Gasteiger partial charge on any atom is 0.261 e. The van der Waals surface area contributed by atoms with Gasteiger partial charge in [-0.3, -0.25) is 9.59 Å². The van der Waals surface area contributed by atoms with Crippen LogP contribution in [0.2, 0.25) is 0 Å². The molecular formula is C18H23N3O2S. The van der Waals surface area contributed by atoms with Crippen molar-refractivity contribution >= 4 is 17.2 Å². The fourth-order valence-corrected chi connectivity index (χ4v) is 3.75. The summed E-state index contributed by atoms with van der Waals surface area (Å²) in [6.45, 7) is 5.11. The number of carbonyl (C=O) groups excluding carboxylic acids is 1. The third-order valence-corrected chi connectivity index (χ3v) is 5.35. The van der Waals surface area contributed by atoms with Gasteiger partial charge < -0.3 is 15.2 Å². The number of hydrogen-bond donors (Lipinski definition) is 2. The second-order valence-electron chi connectivity index (χ2n) is 6.18. The molecule has 128 valence electrons. The van der Waals surface area contributed by atoms with Crippen LogP contribution in [0.3, 0.4) is 0 Å². The van der Waals surface area contributed by atoms with Gasteiger partial charge in [0.25, 0.3) is 11.5 Å². The highest BCUT2D eigenvalue weighted by Gasteiger charge is 2.20. The monoisotopic (exact) mass is 345 g/mol. The van der Waals surface area contributed by atoms with Crippen LogP contribution >= 0.6 is 11.3 Å². The number of thiophene rings is 1. The quantitative estimate of drug-likeness (QED) is 0.846. The molecule has 1 aliphatic heterocycles. The molecular weight excluding hydrogens is 322 g/mol. The summed E-state index contributed by atoms with van der Waals surface area (Å²) in [4.78, 5) is 30.9.